The van der Waals surface area contributed by atoms with Crippen molar-refractivity contribution in [1.82, 2.24) is 5.32 Å². The summed E-state index contributed by atoms with van der Waals surface area (Å²) in [6.07, 6.45) is 15.7. The summed E-state index contributed by atoms with van der Waals surface area (Å²) >= 11 is 0. The van der Waals surface area contributed by atoms with Crippen molar-refractivity contribution in [3.05, 3.63) is 0 Å². The van der Waals surface area contributed by atoms with E-state index in [4.69, 9.17) is 14.9 Å². The molecule has 2 unspecified atom stereocenters. The fraction of sp³-hybridized carbons (Fsp3) is 0.808. The average molecular weight is 483 g/mol. The van der Waals surface area contributed by atoms with Crippen molar-refractivity contribution in [2.24, 2.45) is 4.99 Å². The van der Waals surface area contributed by atoms with Crippen LogP contribution < -0.4 is 5.32 Å². The van der Waals surface area contributed by atoms with Crippen LogP contribution in [0.15, 0.2) is 4.99 Å². The molecule has 0 fully saturated rings. The highest BCUT2D eigenvalue weighted by Gasteiger charge is 2.35. The molecule has 0 aromatic carbocycles. The van der Waals surface area contributed by atoms with Gasteiger partial charge in [-0.1, -0.05) is 83.5 Å². The third-order valence-electron chi connectivity index (χ3n) is 5.58. The number of aliphatic imine (C=N–C) groups is 1. The lowest BCUT2D eigenvalue weighted by molar-refractivity contribution is -0.153. The van der Waals surface area contributed by atoms with Gasteiger partial charge in [-0.05, 0) is 13.3 Å². The Morgan fingerprint density at radius 3 is 1.97 bits per heavy atom. The molecule has 0 amide bonds. The highest BCUT2D eigenvalue weighted by molar-refractivity contribution is 5.69. The van der Waals surface area contributed by atoms with E-state index in [1.165, 1.54) is 64.7 Å². The van der Waals surface area contributed by atoms with Crippen LogP contribution in [-0.2, 0) is 14.3 Å². The van der Waals surface area contributed by atoms with E-state index in [-0.39, 0.29) is 0 Å². The zero-order valence-electron chi connectivity index (χ0n) is 21.2. The number of aliphatic carboxylic acids is 2. The van der Waals surface area contributed by atoms with Crippen molar-refractivity contribution < 1.29 is 29.6 Å². The molecule has 1 heterocycles. The molecule has 0 spiro atoms. The molecule has 0 aromatic rings. The second kappa shape index (κ2) is 21.4. The van der Waals surface area contributed by atoms with Gasteiger partial charge in [0.25, 0.3) is 0 Å². The minimum atomic E-state index is -1.89. The molecule has 1 aliphatic heterocycles. The average Bonchev–Trinajstić information content (AvgIpc) is 3.37. The molecule has 0 saturated heterocycles. The fourth-order valence-corrected chi connectivity index (χ4v) is 3.45. The van der Waals surface area contributed by atoms with E-state index < -0.39 is 36.7 Å². The van der Waals surface area contributed by atoms with Gasteiger partial charge in [0.2, 0.25) is 0 Å². The molecule has 0 saturated carbocycles. The maximum Gasteiger partial charge on any atom is 0.329 e. The Kier molecular flexibility index (Phi) is 20.1. The van der Waals surface area contributed by atoms with Gasteiger partial charge in [-0.25, -0.2) is 4.79 Å². The van der Waals surface area contributed by atoms with Crippen LogP contribution in [0.4, 0.5) is 0 Å². The van der Waals surface area contributed by atoms with Crippen LogP contribution in [0.25, 0.3) is 0 Å². The molecule has 34 heavy (non-hydrogen) atoms. The number of carboxylic acid groups (broad SMARTS) is 2. The number of unbranched alkanes of at least 4 members (excludes halogenated alkanes) is 12. The van der Waals surface area contributed by atoms with Crippen LogP contribution in [0.5, 0.6) is 0 Å². The minimum absolute atomic E-state index is 0.574. The number of carboxylic acids is 2. The summed E-state index contributed by atoms with van der Waals surface area (Å²) < 4.78 is 5.02. The number of nitrogens with zero attached hydrogens (tertiary/aromatic N) is 1. The highest BCUT2D eigenvalue weighted by atomic mass is 16.5. The van der Waals surface area contributed by atoms with Crippen molar-refractivity contribution in [2.45, 2.75) is 115 Å². The standard InChI is InChI=1S/C23H40O6.C3H6N2/c1-3-4-5-6-7-8-9-10-11-12-13-14-15-16-17-23(28,18-21(24)25)20(2)29-19-22(26)27;1-2-5-3-4-1/h20,28H,3-15,18-19H2,1-2H3,(H,24,25)(H,26,27);3H,1-2H2,(H,4,5). The quantitative estimate of drug-likeness (QED) is 0.168. The van der Waals surface area contributed by atoms with Gasteiger partial charge in [-0.3, -0.25) is 9.79 Å². The monoisotopic (exact) mass is 482 g/mol. The van der Waals surface area contributed by atoms with Crippen LogP contribution in [0.2, 0.25) is 0 Å². The van der Waals surface area contributed by atoms with Gasteiger partial charge in [-0.2, -0.15) is 0 Å². The third kappa shape index (κ3) is 19.4. The molecule has 0 aromatic heterocycles. The Labute approximate surface area is 205 Å². The van der Waals surface area contributed by atoms with Crippen molar-refractivity contribution >= 4 is 18.3 Å². The summed E-state index contributed by atoms with van der Waals surface area (Å²) in [5.74, 6) is 3.05. The van der Waals surface area contributed by atoms with Gasteiger partial charge < -0.3 is 25.4 Å². The highest BCUT2D eigenvalue weighted by Crippen LogP contribution is 2.18. The first kappa shape index (κ1) is 31.9. The number of carbonyl (C=O) groups is 2. The van der Waals surface area contributed by atoms with Gasteiger partial charge in [0.05, 0.1) is 25.4 Å². The molecule has 1 rings (SSSR count). The van der Waals surface area contributed by atoms with Gasteiger partial charge in [0.15, 0.2) is 5.60 Å². The molecular formula is C26H46N2O6. The molecule has 2 atom stereocenters. The summed E-state index contributed by atoms with van der Waals surface area (Å²) in [6, 6.07) is 0. The molecule has 0 bridgehead atoms. The van der Waals surface area contributed by atoms with E-state index >= 15 is 0 Å². The topological polar surface area (TPSA) is 128 Å². The molecule has 0 radical (unpaired) electrons. The van der Waals surface area contributed by atoms with E-state index in [1.807, 2.05) is 0 Å². The van der Waals surface area contributed by atoms with Gasteiger partial charge in [0.1, 0.15) is 6.61 Å². The molecular weight excluding hydrogens is 436 g/mol. The van der Waals surface area contributed by atoms with Crippen molar-refractivity contribution in [3.8, 4) is 11.8 Å². The van der Waals surface area contributed by atoms with Gasteiger partial charge >= 0.3 is 11.9 Å². The van der Waals surface area contributed by atoms with E-state index in [1.54, 1.807) is 6.34 Å². The summed E-state index contributed by atoms with van der Waals surface area (Å²) in [6.45, 7) is 5.05. The summed E-state index contributed by atoms with van der Waals surface area (Å²) in [4.78, 5) is 25.4. The fourth-order valence-electron chi connectivity index (χ4n) is 3.45. The normalized spacial score (nSPS) is 14.7. The number of nitrogens with one attached hydrogen (secondary N) is 1. The smallest absolute Gasteiger partial charge is 0.329 e. The zero-order valence-corrected chi connectivity index (χ0v) is 21.2. The SMILES string of the molecule is C1=NCCN1.CCCCCCCCCCCCCCC#CC(O)(CC(=O)O)C(C)OCC(=O)O. The van der Waals surface area contributed by atoms with Crippen LogP contribution in [0, 0.1) is 11.8 Å². The van der Waals surface area contributed by atoms with E-state index in [0.29, 0.717) is 6.42 Å². The van der Waals surface area contributed by atoms with E-state index in [9.17, 15) is 14.7 Å². The van der Waals surface area contributed by atoms with Crippen LogP contribution >= 0.6 is 0 Å². The number of rotatable bonds is 18. The lowest BCUT2D eigenvalue weighted by Gasteiger charge is -2.27. The first-order valence-electron chi connectivity index (χ1n) is 12.8. The summed E-state index contributed by atoms with van der Waals surface area (Å²) in [5.41, 5.74) is -1.89. The predicted octanol–water partition coefficient (Wildman–Crippen LogP) is 4.39. The first-order valence-corrected chi connectivity index (χ1v) is 12.8. The lowest BCUT2D eigenvalue weighted by atomic mass is 9.94. The Balaban J connectivity index is 0.00000190. The summed E-state index contributed by atoms with van der Waals surface area (Å²) in [7, 11) is 0. The van der Waals surface area contributed by atoms with Crippen LogP contribution in [0.1, 0.15) is 104 Å². The first-order chi connectivity index (χ1) is 16.3. The second-order valence-electron chi connectivity index (χ2n) is 8.77. The Bertz CT molecular complexity index is 623. The molecule has 8 heteroatoms. The molecule has 4 N–H and O–H groups in total. The van der Waals surface area contributed by atoms with Crippen LogP contribution in [0.3, 0.4) is 0 Å². The van der Waals surface area contributed by atoms with E-state index in [2.05, 4.69) is 29.1 Å². The zero-order chi connectivity index (χ0) is 25.5. The number of aliphatic hydroxyl groups is 1. The summed E-state index contributed by atoms with van der Waals surface area (Å²) in [5, 5.41) is 31.1. The van der Waals surface area contributed by atoms with Gasteiger partial charge in [0, 0.05) is 13.0 Å². The van der Waals surface area contributed by atoms with Gasteiger partial charge in [-0.15, -0.1) is 5.92 Å². The lowest BCUT2D eigenvalue weighted by Crippen LogP contribution is -2.43. The van der Waals surface area contributed by atoms with Crippen molar-refractivity contribution in [3.63, 3.8) is 0 Å². The van der Waals surface area contributed by atoms with Crippen LogP contribution in [-0.4, -0.2) is 65.0 Å². The second-order valence-corrected chi connectivity index (χ2v) is 8.77. The maximum absolute atomic E-state index is 11.0. The minimum Gasteiger partial charge on any atom is -0.481 e. The van der Waals surface area contributed by atoms with Crippen molar-refractivity contribution in [2.75, 3.05) is 19.7 Å². The number of hydrogen-bond acceptors (Lipinski definition) is 6. The van der Waals surface area contributed by atoms with Crippen molar-refractivity contribution in [1.29, 1.82) is 0 Å². The maximum atomic E-state index is 11.0. The Hall–Kier alpha value is -2.11. The Morgan fingerprint density at radius 1 is 1.00 bits per heavy atom. The number of ether oxygens (including phenoxy) is 1. The predicted molar refractivity (Wildman–Crippen MR) is 135 cm³/mol. The largest absolute Gasteiger partial charge is 0.481 e. The molecule has 8 nitrogen and oxygen atoms in total. The third-order valence-corrected chi connectivity index (χ3v) is 5.58. The molecule has 0 aliphatic carbocycles. The molecule has 1 aliphatic rings. The molecule has 196 valence electrons. The van der Waals surface area contributed by atoms with E-state index in [0.717, 1.165) is 32.4 Å². The number of hydrogen-bond donors (Lipinski definition) is 4. The Morgan fingerprint density at radius 2 is 1.56 bits per heavy atom.